The predicted octanol–water partition coefficient (Wildman–Crippen LogP) is 1.01. The van der Waals surface area contributed by atoms with Crippen molar-refractivity contribution < 1.29 is 22.3 Å². The Labute approximate surface area is 104 Å². The number of benzene rings is 1. The second-order valence-electron chi connectivity index (χ2n) is 4.42. The molecule has 1 aliphatic carbocycles. The maximum atomic E-state index is 13.3. The van der Waals surface area contributed by atoms with Crippen LogP contribution in [0.15, 0.2) is 23.1 Å². The van der Waals surface area contributed by atoms with Crippen LogP contribution in [0.25, 0.3) is 0 Å². The van der Waals surface area contributed by atoms with Crippen LogP contribution in [0.4, 0.5) is 8.78 Å². The van der Waals surface area contributed by atoms with Crippen LogP contribution in [0.2, 0.25) is 0 Å². The Morgan fingerprint density at radius 1 is 1.33 bits per heavy atom. The fraction of sp³-hybridized carbons (Fsp3) is 0.455. The average Bonchev–Trinajstić information content (AvgIpc) is 2.22. The highest BCUT2D eigenvalue weighted by atomic mass is 32.2. The minimum atomic E-state index is -3.97. The summed E-state index contributed by atoms with van der Waals surface area (Å²) in [6, 6.07) is 2.31. The fourth-order valence-electron chi connectivity index (χ4n) is 1.87. The molecule has 0 bridgehead atoms. The summed E-state index contributed by atoms with van der Waals surface area (Å²) in [6.07, 6.45) is 0.699. The van der Waals surface area contributed by atoms with Gasteiger partial charge >= 0.3 is 0 Å². The van der Waals surface area contributed by atoms with Gasteiger partial charge in [0.25, 0.3) is 0 Å². The van der Waals surface area contributed by atoms with Gasteiger partial charge in [-0.25, -0.2) is 21.9 Å². The first-order valence-electron chi connectivity index (χ1n) is 5.51. The first-order valence-corrected chi connectivity index (χ1v) is 6.99. The number of hydrogen-bond acceptors (Lipinski definition) is 3. The third kappa shape index (κ3) is 2.85. The molecule has 0 atom stereocenters. The Bertz CT molecular complexity index is 541. The van der Waals surface area contributed by atoms with Gasteiger partial charge in [0.05, 0.1) is 6.10 Å². The van der Waals surface area contributed by atoms with Crippen molar-refractivity contribution in [2.24, 2.45) is 5.92 Å². The van der Waals surface area contributed by atoms with Crippen LogP contribution >= 0.6 is 0 Å². The Hall–Kier alpha value is -1.05. The lowest BCUT2D eigenvalue weighted by Gasteiger charge is -2.31. The molecule has 1 fully saturated rings. The van der Waals surface area contributed by atoms with Gasteiger partial charge in [0.1, 0.15) is 16.5 Å². The second-order valence-corrected chi connectivity index (χ2v) is 6.15. The minimum Gasteiger partial charge on any atom is -0.393 e. The third-order valence-electron chi connectivity index (χ3n) is 2.96. The maximum absolute atomic E-state index is 13.3. The zero-order valence-electron chi connectivity index (χ0n) is 9.44. The van der Waals surface area contributed by atoms with Crippen LogP contribution in [0, 0.1) is 17.6 Å². The molecule has 0 spiro atoms. The summed E-state index contributed by atoms with van der Waals surface area (Å²) in [7, 11) is -3.97. The van der Waals surface area contributed by atoms with Crippen molar-refractivity contribution in [3.63, 3.8) is 0 Å². The molecule has 1 aromatic carbocycles. The van der Waals surface area contributed by atoms with Crippen molar-refractivity contribution in [2.45, 2.75) is 23.8 Å². The summed E-state index contributed by atoms with van der Waals surface area (Å²) >= 11 is 0. The van der Waals surface area contributed by atoms with Crippen LogP contribution in [0.5, 0.6) is 0 Å². The molecular weight excluding hydrogens is 264 g/mol. The van der Waals surface area contributed by atoms with Gasteiger partial charge in [-0.15, -0.1) is 0 Å². The molecule has 1 saturated carbocycles. The summed E-state index contributed by atoms with van der Waals surface area (Å²) in [5, 5.41) is 9.06. The van der Waals surface area contributed by atoms with Gasteiger partial charge in [-0.1, -0.05) is 0 Å². The highest BCUT2D eigenvalue weighted by Crippen LogP contribution is 2.26. The van der Waals surface area contributed by atoms with Crippen molar-refractivity contribution in [3.8, 4) is 0 Å². The van der Waals surface area contributed by atoms with Crippen LogP contribution in [0.3, 0.4) is 0 Å². The number of rotatable bonds is 4. The van der Waals surface area contributed by atoms with E-state index in [-0.39, 0.29) is 18.6 Å². The largest absolute Gasteiger partial charge is 0.393 e. The molecule has 0 unspecified atom stereocenters. The van der Waals surface area contributed by atoms with Crippen LogP contribution in [-0.4, -0.2) is 26.2 Å². The number of sulfonamides is 1. The molecule has 0 amide bonds. The maximum Gasteiger partial charge on any atom is 0.243 e. The molecule has 18 heavy (non-hydrogen) atoms. The van der Waals surface area contributed by atoms with Crippen molar-refractivity contribution in [3.05, 3.63) is 29.8 Å². The van der Waals surface area contributed by atoms with Crippen LogP contribution in [-0.2, 0) is 10.0 Å². The summed E-state index contributed by atoms with van der Waals surface area (Å²) in [5.74, 6) is -1.87. The van der Waals surface area contributed by atoms with Gasteiger partial charge in [0.2, 0.25) is 10.0 Å². The van der Waals surface area contributed by atoms with E-state index in [2.05, 4.69) is 4.72 Å². The fourth-order valence-corrected chi connectivity index (χ4v) is 3.04. The number of hydrogen-bond donors (Lipinski definition) is 2. The SMILES string of the molecule is O=S(=O)(NCC1CC(O)C1)c1ccc(F)cc1F. The highest BCUT2D eigenvalue weighted by Gasteiger charge is 2.29. The highest BCUT2D eigenvalue weighted by molar-refractivity contribution is 7.89. The van der Waals surface area contributed by atoms with Crippen molar-refractivity contribution in [1.29, 1.82) is 0 Å². The predicted molar refractivity (Wildman–Crippen MR) is 60.3 cm³/mol. The first kappa shape index (κ1) is 13.4. The Morgan fingerprint density at radius 2 is 2.00 bits per heavy atom. The smallest absolute Gasteiger partial charge is 0.243 e. The topological polar surface area (TPSA) is 66.4 Å². The normalized spacial score (nSPS) is 23.7. The van der Waals surface area contributed by atoms with E-state index in [0.717, 1.165) is 12.1 Å². The minimum absolute atomic E-state index is 0.0679. The Balaban J connectivity index is 2.06. The second kappa shape index (κ2) is 4.91. The quantitative estimate of drug-likeness (QED) is 0.863. The van der Waals surface area contributed by atoms with Crippen LogP contribution < -0.4 is 4.72 Å². The van der Waals surface area contributed by atoms with E-state index < -0.39 is 26.6 Å². The summed E-state index contributed by atoms with van der Waals surface area (Å²) in [6.45, 7) is 0.149. The lowest BCUT2D eigenvalue weighted by molar-refractivity contribution is 0.0453. The number of nitrogens with one attached hydrogen (secondary N) is 1. The zero-order chi connectivity index (χ0) is 13.3. The van der Waals surface area contributed by atoms with E-state index in [9.17, 15) is 17.2 Å². The number of halogens is 2. The molecule has 0 saturated heterocycles. The number of aliphatic hydroxyl groups excluding tert-OH is 1. The van der Waals surface area contributed by atoms with E-state index in [1.54, 1.807) is 0 Å². The van der Waals surface area contributed by atoms with E-state index in [4.69, 9.17) is 5.11 Å². The van der Waals surface area contributed by atoms with Gasteiger partial charge in [0.15, 0.2) is 0 Å². The molecule has 0 radical (unpaired) electrons. The van der Waals surface area contributed by atoms with Crippen molar-refractivity contribution in [2.75, 3.05) is 6.54 Å². The van der Waals surface area contributed by atoms with E-state index in [0.29, 0.717) is 18.9 Å². The summed E-state index contributed by atoms with van der Waals surface area (Å²) < 4.78 is 51.8. The zero-order valence-corrected chi connectivity index (χ0v) is 10.3. The average molecular weight is 277 g/mol. The third-order valence-corrected chi connectivity index (χ3v) is 4.41. The molecule has 1 aliphatic rings. The van der Waals surface area contributed by atoms with Crippen molar-refractivity contribution in [1.82, 2.24) is 4.72 Å². The van der Waals surface area contributed by atoms with Gasteiger partial charge in [0, 0.05) is 12.6 Å². The van der Waals surface area contributed by atoms with E-state index in [1.807, 2.05) is 0 Å². The Morgan fingerprint density at radius 3 is 2.56 bits per heavy atom. The van der Waals surface area contributed by atoms with E-state index >= 15 is 0 Å². The molecule has 0 heterocycles. The van der Waals surface area contributed by atoms with Crippen LogP contribution in [0.1, 0.15) is 12.8 Å². The standard InChI is InChI=1S/C11H13F2NO3S/c12-8-1-2-11(10(13)5-8)18(16,17)14-6-7-3-9(15)4-7/h1-2,5,7,9,14-15H,3-4,6H2. The van der Waals surface area contributed by atoms with Gasteiger partial charge in [-0.05, 0) is 30.9 Å². The molecule has 2 rings (SSSR count). The first-order chi connectivity index (χ1) is 8.38. The molecule has 2 N–H and O–H groups in total. The lowest BCUT2D eigenvalue weighted by atomic mass is 9.83. The molecule has 0 aromatic heterocycles. The Kier molecular flexibility index (Phi) is 3.65. The van der Waals surface area contributed by atoms with Crippen molar-refractivity contribution >= 4 is 10.0 Å². The van der Waals surface area contributed by atoms with Gasteiger partial charge < -0.3 is 5.11 Å². The molecule has 100 valence electrons. The molecule has 4 nitrogen and oxygen atoms in total. The monoisotopic (exact) mass is 277 g/mol. The molecule has 1 aromatic rings. The molecular formula is C11H13F2NO3S. The number of aliphatic hydroxyl groups is 1. The van der Waals surface area contributed by atoms with Gasteiger partial charge in [-0.3, -0.25) is 0 Å². The summed E-state index contributed by atoms with van der Waals surface area (Å²) in [5.41, 5.74) is 0. The summed E-state index contributed by atoms with van der Waals surface area (Å²) in [4.78, 5) is -0.566. The molecule has 7 heteroatoms. The lowest BCUT2D eigenvalue weighted by Crippen LogP contribution is -2.38. The van der Waals surface area contributed by atoms with Gasteiger partial charge in [-0.2, -0.15) is 0 Å². The molecule has 0 aliphatic heterocycles. The van der Waals surface area contributed by atoms with E-state index in [1.165, 1.54) is 0 Å².